The van der Waals surface area contributed by atoms with E-state index in [0.717, 1.165) is 17.7 Å². The predicted molar refractivity (Wildman–Crippen MR) is 87.0 cm³/mol. The number of amides is 1. The number of nitrogens with zero attached hydrogens (tertiary/aromatic N) is 1. The summed E-state index contributed by atoms with van der Waals surface area (Å²) in [5.41, 5.74) is 1.84. The Labute approximate surface area is 138 Å². The molecule has 5 heteroatoms. The molecular weight excluding hydrogens is 310 g/mol. The molecule has 4 rings (SSSR count). The summed E-state index contributed by atoms with van der Waals surface area (Å²) in [6, 6.07) is 12.5. The summed E-state index contributed by atoms with van der Waals surface area (Å²) < 4.78 is 27.9. The summed E-state index contributed by atoms with van der Waals surface area (Å²) in [5.74, 6) is -1.00. The molecule has 2 atom stereocenters. The highest BCUT2D eigenvalue weighted by Gasteiger charge is 2.41. The number of fused-ring (bicyclic) bond motifs is 1. The fourth-order valence-corrected chi connectivity index (χ4v) is 3.54. The number of nitrogens with one attached hydrogen (secondary N) is 1. The van der Waals surface area contributed by atoms with Crippen LogP contribution < -0.4 is 5.32 Å². The standard InChI is InChI=1S/C19H16F2N2O/c20-13-6-7-16(21)14(8-13)15-9-17(12-4-2-1-3-5-12)23-18(15)10-22-11-19(23)24/h1-9,17-18,22H,10-11H2/t17-,18-/m1/s1. The fraction of sp³-hybridized carbons (Fsp3) is 0.211. The minimum Gasteiger partial charge on any atom is -0.323 e. The molecule has 2 aliphatic heterocycles. The van der Waals surface area contributed by atoms with Crippen molar-refractivity contribution in [3.63, 3.8) is 0 Å². The maximum absolute atomic E-state index is 14.3. The maximum Gasteiger partial charge on any atom is 0.237 e. The van der Waals surface area contributed by atoms with Crippen molar-refractivity contribution < 1.29 is 13.6 Å². The zero-order chi connectivity index (χ0) is 16.7. The van der Waals surface area contributed by atoms with Crippen molar-refractivity contribution in [3.05, 3.63) is 77.4 Å². The average Bonchev–Trinajstić information content (AvgIpc) is 2.99. The fourth-order valence-electron chi connectivity index (χ4n) is 3.54. The van der Waals surface area contributed by atoms with E-state index in [9.17, 15) is 13.6 Å². The first-order valence-corrected chi connectivity index (χ1v) is 7.89. The smallest absolute Gasteiger partial charge is 0.237 e. The molecule has 122 valence electrons. The van der Waals surface area contributed by atoms with Crippen molar-refractivity contribution in [2.24, 2.45) is 0 Å². The first-order chi connectivity index (χ1) is 11.6. The minimum atomic E-state index is -0.489. The molecule has 0 radical (unpaired) electrons. The second kappa shape index (κ2) is 5.83. The molecule has 1 saturated heterocycles. The highest BCUT2D eigenvalue weighted by Crippen LogP contribution is 2.41. The lowest BCUT2D eigenvalue weighted by Crippen LogP contribution is -2.53. The van der Waals surface area contributed by atoms with Crippen LogP contribution in [0.1, 0.15) is 17.2 Å². The van der Waals surface area contributed by atoms with E-state index in [1.165, 1.54) is 6.07 Å². The van der Waals surface area contributed by atoms with Gasteiger partial charge in [-0.2, -0.15) is 0 Å². The van der Waals surface area contributed by atoms with Gasteiger partial charge in [0, 0.05) is 12.1 Å². The Bertz CT molecular complexity index is 819. The quantitative estimate of drug-likeness (QED) is 0.920. The molecule has 1 fully saturated rings. The largest absolute Gasteiger partial charge is 0.323 e. The van der Waals surface area contributed by atoms with Crippen molar-refractivity contribution >= 4 is 11.5 Å². The molecule has 2 aromatic rings. The third-order valence-corrected chi connectivity index (χ3v) is 4.61. The van der Waals surface area contributed by atoms with Gasteiger partial charge in [0.1, 0.15) is 11.6 Å². The molecule has 2 aromatic carbocycles. The third-order valence-electron chi connectivity index (χ3n) is 4.61. The summed E-state index contributed by atoms with van der Waals surface area (Å²) >= 11 is 0. The zero-order valence-electron chi connectivity index (χ0n) is 12.9. The highest BCUT2D eigenvalue weighted by atomic mass is 19.1. The summed E-state index contributed by atoms with van der Waals surface area (Å²) in [7, 11) is 0. The van der Waals surface area contributed by atoms with Gasteiger partial charge in [0.2, 0.25) is 5.91 Å². The van der Waals surface area contributed by atoms with Gasteiger partial charge < -0.3 is 10.2 Å². The molecule has 0 saturated carbocycles. The monoisotopic (exact) mass is 326 g/mol. The molecular formula is C19H16F2N2O. The molecule has 24 heavy (non-hydrogen) atoms. The maximum atomic E-state index is 14.3. The van der Waals surface area contributed by atoms with Gasteiger partial charge in [-0.15, -0.1) is 0 Å². The Morgan fingerprint density at radius 1 is 1.08 bits per heavy atom. The molecule has 0 unspecified atom stereocenters. The lowest BCUT2D eigenvalue weighted by molar-refractivity contribution is -0.134. The predicted octanol–water partition coefficient (Wildman–Crippen LogP) is 2.90. The number of halogens is 2. The Hall–Kier alpha value is -2.53. The SMILES string of the molecule is O=C1CNC[C@@H]2C(c3cc(F)ccc3F)=C[C@H](c3ccccc3)N12. The summed E-state index contributed by atoms with van der Waals surface area (Å²) in [5, 5.41) is 3.06. The van der Waals surface area contributed by atoms with Gasteiger partial charge in [0.25, 0.3) is 0 Å². The average molecular weight is 326 g/mol. The normalized spacial score (nSPS) is 23.2. The van der Waals surface area contributed by atoms with Gasteiger partial charge in [0.05, 0.1) is 18.6 Å². The van der Waals surface area contributed by atoms with E-state index in [4.69, 9.17) is 0 Å². The van der Waals surface area contributed by atoms with Crippen LogP contribution in [-0.4, -0.2) is 29.9 Å². The Morgan fingerprint density at radius 2 is 1.88 bits per heavy atom. The van der Waals surface area contributed by atoms with Crippen LogP contribution in [0.3, 0.4) is 0 Å². The van der Waals surface area contributed by atoms with Crippen molar-refractivity contribution in [3.8, 4) is 0 Å². The molecule has 1 N–H and O–H groups in total. The van der Waals surface area contributed by atoms with Crippen LogP contribution in [0, 0.1) is 11.6 Å². The van der Waals surface area contributed by atoms with Crippen LogP contribution >= 0.6 is 0 Å². The molecule has 0 spiro atoms. The first-order valence-electron chi connectivity index (χ1n) is 7.89. The Morgan fingerprint density at radius 3 is 2.67 bits per heavy atom. The van der Waals surface area contributed by atoms with Gasteiger partial charge in [-0.1, -0.05) is 36.4 Å². The molecule has 0 bridgehead atoms. The van der Waals surface area contributed by atoms with Crippen LogP contribution in [0.25, 0.3) is 5.57 Å². The molecule has 2 aliphatic rings. The van der Waals surface area contributed by atoms with Crippen molar-refractivity contribution in [1.29, 1.82) is 0 Å². The highest BCUT2D eigenvalue weighted by molar-refractivity contribution is 5.87. The number of piperazine rings is 1. The number of carbonyl (C=O) groups is 1. The van der Waals surface area contributed by atoms with Crippen LogP contribution in [0.4, 0.5) is 8.78 Å². The van der Waals surface area contributed by atoms with Crippen LogP contribution in [0.2, 0.25) is 0 Å². The summed E-state index contributed by atoms with van der Waals surface area (Å²) in [6.07, 6.45) is 1.88. The summed E-state index contributed by atoms with van der Waals surface area (Å²) in [4.78, 5) is 14.2. The van der Waals surface area contributed by atoms with E-state index >= 15 is 0 Å². The minimum absolute atomic E-state index is 0.0387. The number of rotatable bonds is 2. The van der Waals surface area contributed by atoms with E-state index in [2.05, 4.69) is 5.32 Å². The lowest BCUT2D eigenvalue weighted by atomic mass is 9.98. The Balaban J connectivity index is 1.83. The topological polar surface area (TPSA) is 32.3 Å². The van der Waals surface area contributed by atoms with Gasteiger partial charge in [-0.3, -0.25) is 4.79 Å². The van der Waals surface area contributed by atoms with Gasteiger partial charge in [-0.25, -0.2) is 8.78 Å². The van der Waals surface area contributed by atoms with E-state index in [0.29, 0.717) is 12.1 Å². The number of hydrogen-bond acceptors (Lipinski definition) is 2. The number of hydrogen-bond donors (Lipinski definition) is 1. The molecule has 0 aromatic heterocycles. The Kier molecular flexibility index (Phi) is 3.65. The second-order valence-electron chi connectivity index (χ2n) is 6.05. The van der Waals surface area contributed by atoms with E-state index in [1.54, 1.807) is 4.90 Å². The van der Waals surface area contributed by atoms with E-state index < -0.39 is 11.6 Å². The lowest BCUT2D eigenvalue weighted by Gasteiger charge is -2.36. The van der Waals surface area contributed by atoms with Gasteiger partial charge in [-0.05, 0) is 29.3 Å². The number of benzene rings is 2. The van der Waals surface area contributed by atoms with Crippen molar-refractivity contribution in [2.75, 3.05) is 13.1 Å². The second-order valence-corrected chi connectivity index (χ2v) is 6.05. The molecule has 1 amide bonds. The molecule has 2 heterocycles. The summed E-state index contributed by atoms with van der Waals surface area (Å²) in [6.45, 7) is 0.781. The molecule has 3 nitrogen and oxygen atoms in total. The van der Waals surface area contributed by atoms with Crippen molar-refractivity contribution in [2.45, 2.75) is 12.1 Å². The van der Waals surface area contributed by atoms with Crippen molar-refractivity contribution in [1.82, 2.24) is 10.2 Å². The van der Waals surface area contributed by atoms with Gasteiger partial charge in [0.15, 0.2) is 0 Å². The van der Waals surface area contributed by atoms with E-state index in [1.807, 2.05) is 36.4 Å². The van der Waals surface area contributed by atoms with Crippen LogP contribution in [0.5, 0.6) is 0 Å². The zero-order valence-corrected chi connectivity index (χ0v) is 12.9. The third kappa shape index (κ3) is 2.41. The van der Waals surface area contributed by atoms with Crippen LogP contribution in [0.15, 0.2) is 54.6 Å². The number of carbonyl (C=O) groups excluding carboxylic acids is 1. The molecule has 0 aliphatic carbocycles. The first kappa shape index (κ1) is 15.0. The van der Waals surface area contributed by atoms with Crippen LogP contribution in [-0.2, 0) is 4.79 Å². The van der Waals surface area contributed by atoms with E-state index in [-0.39, 0.29) is 30.1 Å². The van der Waals surface area contributed by atoms with Gasteiger partial charge >= 0.3 is 0 Å².